The molecule has 0 saturated heterocycles. The molecule has 0 aliphatic heterocycles. The summed E-state index contributed by atoms with van der Waals surface area (Å²) in [5.41, 5.74) is -1.33. The van der Waals surface area contributed by atoms with Crippen LogP contribution in [0.5, 0.6) is 0 Å². The largest absolute Gasteiger partial charge is 0.480 e. The van der Waals surface area contributed by atoms with E-state index in [4.69, 9.17) is 5.11 Å². The van der Waals surface area contributed by atoms with E-state index >= 15 is 0 Å². The second-order valence-corrected chi connectivity index (χ2v) is 8.19. The fourth-order valence-electron chi connectivity index (χ4n) is 1.66. The second kappa shape index (κ2) is 5.37. The van der Waals surface area contributed by atoms with Crippen LogP contribution in [0, 0.1) is 11.8 Å². The maximum absolute atomic E-state index is 12.7. The van der Waals surface area contributed by atoms with Crippen molar-refractivity contribution >= 4 is 13.1 Å². The standard InChI is InChI=1S/C11H19O3P/c1-6-7-10(11(12)13)15(14,8(2)3)9(4)5/h8-10H,1-5H3,(H,12,13). The lowest BCUT2D eigenvalue weighted by atomic mass is 10.4. The van der Waals surface area contributed by atoms with E-state index in [0.29, 0.717) is 0 Å². The van der Waals surface area contributed by atoms with Crippen LogP contribution in [-0.4, -0.2) is 28.1 Å². The number of aliphatic carboxylic acids is 1. The Morgan fingerprint density at radius 1 is 1.20 bits per heavy atom. The van der Waals surface area contributed by atoms with Crippen molar-refractivity contribution in [1.29, 1.82) is 0 Å². The maximum Gasteiger partial charge on any atom is 0.326 e. The molecule has 0 radical (unpaired) electrons. The number of rotatable bonds is 4. The topological polar surface area (TPSA) is 54.4 Å². The van der Waals surface area contributed by atoms with Gasteiger partial charge in [0.2, 0.25) is 0 Å². The average Bonchev–Trinajstić information content (AvgIpc) is 2.11. The molecule has 0 heterocycles. The molecule has 0 rings (SSSR count). The molecule has 3 nitrogen and oxygen atoms in total. The van der Waals surface area contributed by atoms with Crippen molar-refractivity contribution in [3.8, 4) is 11.8 Å². The Morgan fingerprint density at radius 3 is 1.80 bits per heavy atom. The zero-order valence-corrected chi connectivity index (χ0v) is 10.8. The predicted octanol–water partition coefficient (Wildman–Crippen LogP) is 2.64. The minimum absolute atomic E-state index is 0.153. The van der Waals surface area contributed by atoms with Gasteiger partial charge in [0.05, 0.1) is 0 Å². The quantitative estimate of drug-likeness (QED) is 0.596. The Hall–Kier alpha value is -0.740. The zero-order valence-electron chi connectivity index (χ0n) is 9.94. The molecule has 1 atom stereocenters. The highest BCUT2D eigenvalue weighted by Crippen LogP contribution is 2.59. The predicted molar refractivity (Wildman–Crippen MR) is 62.8 cm³/mol. The van der Waals surface area contributed by atoms with Gasteiger partial charge in [0.1, 0.15) is 7.14 Å². The summed E-state index contributed by atoms with van der Waals surface area (Å²) in [5, 5.41) is 9.06. The van der Waals surface area contributed by atoms with Crippen molar-refractivity contribution < 1.29 is 14.5 Å². The fourth-order valence-corrected chi connectivity index (χ4v) is 4.73. The lowest BCUT2D eigenvalue weighted by Crippen LogP contribution is -2.27. The molecule has 15 heavy (non-hydrogen) atoms. The van der Waals surface area contributed by atoms with E-state index in [1.807, 2.05) is 0 Å². The number of carboxylic acids is 1. The molecule has 0 bridgehead atoms. The Labute approximate surface area is 91.6 Å². The van der Waals surface area contributed by atoms with Gasteiger partial charge in [-0.3, -0.25) is 4.79 Å². The first-order chi connectivity index (χ1) is 6.78. The van der Waals surface area contributed by atoms with Gasteiger partial charge in [-0.1, -0.05) is 33.6 Å². The molecule has 0 aliphatic carbocycles. The van der Waals surface area contributed by atoms with Gasteiger partial charge in [-0.25, -0.2) is 0 Å². The third-order valence-corrected chi connectivity index (χ3v) is 6.92. The fraction of sp³-hybridized carbons (Fsp3) is 0.727. The smallest absolute Gasteiger partial charge is 0.326 e. The SMILES string of the molecule is CC#CC(C(=O)O)P(=O)(C(C)C)C(C)C. The van der Waals surface area contributed by atoms with Crippen LogP contribution >= 0.6 is 7.14 Å². The van der Waals surface area contributed by atoms with Crippen molar-refractivity contribution in [1.82, 2.24) is 0 Å². The van der Waals surface area contributed by atoms with Crippen LogP contribution in [0.2, 0.25) is 0 Å². The first-order valence-corrected chi connectivity index (χ1v) is 6.94. The molecular formula is C11H19O3P. The molecule has 1 N–H and O–H groups in total. The van der Waals surface area contributed by atoms with Gasteiger partial charge in [-0.15, -0.1) is 5.92 Å². The molecule has 0 saturated carbocycles. The Bertz CT molecular complexity index is 321. The van der Waals surface area contributed by atoms with Crippen LogP contribution in [0.1, 0.15) is 34.6 Å². The van der Waals surface area contributed by atoms with Gasteiger partial charge in [-0.05, 0) is 6.92 Å². The average molecular weight is 230 g/mol. The van der Waals surface area contributed by atoms with Crippen molar-refractivity contribution in [2.24, 2.45) is 0 Å². The van der Waals surface area contributed by atoms with Crippen LogP contribution in [0.3, 0.4) is 0 Å². The van der Waals surface area contributed by atoms with E-state index < -0.39 is 18.8 Å². The molecule has 0 aliphatic rings. The highest BCUT2D eigenvalue weighted by molar-refractivity contribution is 7.67. The molecule has 0 fully saturated rings. The number of carboxylic acid groups (broad SMARTS) is 1. The summed E-state index contributed by atoms with van der Waals surface area (Å²) in [6, 6.07) is 0. The van der Waals surface area contributed by atoms with Crippen molar-refractivity contribution in [3.63, 3.8) is 0 Å². The highest BCUT2D eigenvalue weighted by atomic mass is 31.2. The summed E-state index contributed by atoms with van der Waals surface area (Å²) < 4.78 is 12.7. The van der Waals surface area contributed by atoms with Crippen LogP contribution in [0.15, 0.2) is 0 Å². The van der Waals surface area contributed by atoms with Crippen LogP contribution in [0.25, 0.3) is 0 Å². The van der Waals surface area contributed by atoms with Crippen LogP contribution in [0.4, 0.5) is 0 Å². The number of carbonyl (C=O) groups is 1. The van der Waals surface area contributed by atoms with Gasteiger partial charge in [0, 0.05) is 11.3 Å². The van der Waals surface area contributed by atoms with Gasteiger partial charge in [-0.2, -0.15) is 0 Å². The highest BCUT2D eigenvalue weighted by Gasteiger charge is 2.42. The van der Waals surface area contributed by atoms with E-state index in [-0.39, 0.29) is 11.3 Å². The minimum Gasteiger partial charge on any atom is -0.480 e. The van der Waals surface area contributed by atoms with Crippen molar-refractivity contribution in [2.45, 2.75) is 51.6 Å². The van der Waals surface area contributed by atoms with Gasteiger partial charge in [0.15, 0.2) is 5.66 Å². The lowest BCUT2D eigenvalue weighted by molar-refractivity contribution is -0.135. The normalized spacial score (nSPS) is 13.5. The lowest BCUT2D eigenvalue weighted by Gasteiger charge is -2.28. The zero-order chi connectivity index (χ0) is 12.2. The Morgan fingerprint density at radius 2 is 1.60 bits per heavy atom. The summed E-state index contributed by atoms with van der Waals surface area (Å²) in [4.78, 5) is 11.1. The summed E-state index contributed by atoms with van der Waals surface area (Å²) in [6.07, 6.45) is 0. The molecule has 4 heteroatoms. The summed E-state index contributed by atoms with van der Waals surface area (Å²) >= 11 is 0. The van der Waals surface area contributed by atoms with Gasteiger partial charge >= 0.3 is 5.97 Å². The van der Waals surface area contributed by atoms with Crippen LogP contribution < -0.4 is 0 Å². The number of hydrogen-bond acceptors (Lipinski definition) is 2. The van der Waals surface area contributed by atoms with E-state index in [2.05, 4.69) is 11.8 Å². The van der Waals surface area contributed by atoms with Crippen molar-refractivity contribution in [2.75, 3.05) is 0 Å². The van der Waals surface area contributed by atoms with Gasteiger partial charge < -0.3 is 9.67 Å². The van der Waals surface area contributed by atoms with E-state index in [0.717, 1.165) is 0 Å². The second-order valence-electron chi connectivity index (χ2n) is 4.09. The molecule has 1 unspecified atom stereocenters. The van der Waals surface area contributed by atoms with Gasteiger partial charge in [0.25, 0.3) is 0 Å². The molecule has 0 amide bonds. The summed E-state index contributed by atoms with van der Waals surface area (Å²) in [5.74, 6) is 4.06. The summed E-state index contributed by atoms with van der Waals surface area (Å²) in [6.45, 7) is 8.77. The van der Waals surface area contributed by atoms with Crippen LogP contribution in [-0.2, 0) is 9.36 Å². The first kappa shape index (κ1) is 14.3. The Kier molecular flexibility index (Phi) is 5.11. The third kappa shape index (κ3) is 2.86. The van der Waals surface area contributed by atoms with Crippen molar-refractivity contribution in [3.05, 3.63) is 0 Å². The molecule has 0 aromatic rings. The molecular weight excluding hydrogens is 211 g/mol. The molecule has 0 aromatic carbocycles. The number of hydrogen-bond donors (Lipinski definition) is 1. The Balaban J connectivity index is 5.46. The summed E-state index contributed by atoms with van der Waals surface area (Å²) in [7, 11) is -2.82. The molecule has 0 aromatic heterocycles. The van der Waals surface area contributed by atoms with E-state index in [1.165, 1.54) is 0 Å². The monoisotopic (exact) mass is 230 g/mol. The third-order valence-electron chi connectivity index (χ3n) is 2.53. The minimum atomic E-state index is -2.82. The molecule has 0 spiro atoms. The first-order valence-electron chi connectivity index (χ1n) is 5.02. The van der Waals surface area contributed by atoms with E-state index in [9.17, 15) is 9.36 Å². The maximum atomic E-state index is 12.7. The van der Waals surface area contributed by atoms with E-state index in [1.54, 1.807) is 34.6 Å². The molecule has 86 valence electrons.